The minimum absolute atomic E-state index is 0.0570. The number of hydrogen-bond donors (Lipinski definition) is 1. The molecule has 0 radical (unpaired) electrons. The first-order valence-electron chi connectivity index (χ1n) is 7.47. The van der Waals surface area contributed by atoms with Crippen molar-refractivity contribution in [2.75, 3.05) is 0 Å². The largest absolute Gasteiger partial charge is 0.507 e. The number of cyclic esters (lactones) is 1. The van der Waals surface area contributed by atoms with Crippen LogP contribution in [0.5, 0.6) is 11.5 Å². The number of esters is 1. The zero-order chi connectivity index (χ0) is 15.9. The van der Waals surface area contributed by atoms with Crippen molar-refractivity contribution in [3.05, 3.63) is 40.5 Å². The summed E-state index contributed by atoms with van der Waals surface area (Å²) in [4.78, 5) is 11.9. The first kappa shape index (κ1) is 14.7. The average Bonchev–Trinajstić information content (AvgIpc) is 2.81. The summed E-state index contributed by atoms with van der Waals surface area (Å²) in [5.41, 5.74) is 2.52. The summed E-state index contributed by atoms with van der Waals surface area (Å²) in [6.45, 7) is 6.27. The molecule has 2 aliphatic rings. The highest BCUT2D eigenvalue weighted by atomic mass is 16.5. The highest BCUT2D eigenvalue weighted by Gasteiger charge is 2.34. The van der Waals surface area contributed by atoms with Gasteiger partial charge in [-0.3, -0.25) is 0 Å². The summed E-state index contributed by atoms with van der Waals surface area (Å²) in [7, 11) is 0. The fraction of sp³-hybridized carbons (Fsp3) is 0.389. The van der Waals surface area contributed by atoms with E-state index in [-0.39, 0.29) is 12.4 Å². The summed E-state index contributed by atoms with van der Waals surface area (Å²) >= 11 is 0. The van der Waals surface area contributed by atoms with Crippen molar-refractivity contribution in [2.24, 2.45) is 0 Å². The van der Waals surface area contributed by atoms with Crippen molar-refractivity contribution < 1.29 is 19.4 Å². The zero-order valence-electron chi connectivity index (χ0n) is 13.1. The predicted molar refractivity (Wildman–Crippen MR) is 84.0 cm³/mol. The lowest BCUT2D eigenvalue weighted by atomic mass is 9.92. The van der Waals surface area contributed by atoms with Crippen molar-refractivity contribution in [3.8, 4) is 11.5 Å². The Kier molecular flexibility index (Phi) is 3.47. The van der Waals surface area contributed by atoms with E-state index in [4.69, 9.17) is 9.47 Å². The fourth-order valence-corrected chi connectivity index (χ4v) is 2.87. The maximum absolute atomic E-state index is 11.9. The van der Waals surface area contributed by atoms with Gasteiger partial charge in [-0.05, 0) is 39.7 Å². The maximum Gasteiger partial charge on any atom is 0.339 e. The number of carbonyl (C=O) groups excluding carboxylic acids is 1. The highest BCUT2D eigenvalue weighted by Crippen LogP contribution is 2.42. The number of ether oxygens (including phenoxy) is 2. The number of phenols is 1. The molecule has 1 N–H and O–H groups in total. The maximum atomic E-state index is 11.9. The van der Waals surface area contributed by atoms with Gasteiger partial charge in [0.1, 0.15) is 23.7 Å². The molecule has 0 amide bonds. The Balaban J connectivity index is 1.92. The van der Waals surface area contributed by atoms with Crippen molar-refractivity contribution in [1.29, 1.82) is 0 Å². The summed E-state index contributed by atoms with van der Waals surface area (Å²) in [5, 5.41) is 10.1. The summed E-state index contributed by atoms with van der Waals surface area (Å²) < 4.78 is 11.1. The molecule has 4 nitrogen and oxygen atoms in total. The Bertz CT molecular complexity index is 696. The van der Waals surface area contributed by atoms with Gasteiger partial charge in [-0.2, -0.15) is 0 Å². The van der Waals surface area contributed by atoms with Crippen LogP contribution in [-0.4, -0.2) is 16.7 Å². The van der Waals surface area contributed by atoms with Crippen LogP contribution in [0.4, 0.5) is 0 Å². The van der Waals surface area contributed by atoms with Crippen LogP contribution in [0.2, 0.25) is 0 Å². The molecule has 0 fully saturated rings. The molecule has 2 aliphatic heterocycles. The van der Waals surface area contributed by atoms with Gasteiger partial charge >= 0.3 is 5.97 Å². The lowest BCUT2D eigenvalue weighted by molar-refractivity contribution is 0.0533. The van der Waals surface area contributed by atoms with Crippen molar-refractivity contribution >= 4 is 12.0 Å². The smallest absolute Gasteiger partial charge is 0.339 e. The van der Waals surface area contributed by atoms with E-state index < -0.39 is 11.6 Å². The van der Waals surface area contributed by atoms with Crippen LogP contribution in [0.3, 0.4) is 0 Å². The number of carbonyl (C=O) groups is 1. The number of hydrogen-bond acceptors (Lipinski definition) is 4. The van der Waals surface area contributed by atoms with Crippen LogP contribution < -0.4 is 4.74 Å². The number of aromatic hydroxyl groups is 1. The molecule has 22 heavy (non-hydrogen) atoms. The van der Waals surface area contributed by atoms with Gasteiger partial charge in [-0.15, -0.1) is 0 Å². The van der Waals surface area contributed by atoms with E-state index in [0.29, 0.717) is 22.4 Å². The minimum atomic E-state index is -0.442. The number of fused-ring (bicyclic) bond motifs is 3. The molecular weight excluding hydrogens is 280 g/mol. The topological polar surface area (TPSA) is 55.8 Å². The van der Waals surface area contributed by atoms with E-state index in [0.717, 1.165) is 12.8 Å². The van der Waals surface area contributed by atoms with Gasteiger partial charge in [0, 0.05) is 17.2 Å². The second-order valence-corrected chi connectivity index (χ2v) is 6.31. The normalized spacial score (nSPS) is 21.7. The molecule has 2 heterocycles. The second kappa shape index (κ2) is 5.20. The Morgan fingerprint density at radius 3 is 2.95 bits per heavy atom. The molecule has 1 atom stereocenters. The second-order valence-electron chi connectivity index (χ2n) is 6.31. The molecule has 3 rings (SSSR count). The first-order valence-corrected chi connectivity index (χ1v) is 7.47. The quantitative estimate of drug-likeness (QED) is 0.678. The van der Waals surface area contributed by atoms with Crippen LogP contribution in [0.25, 0.3) is 6.08 Å². The van der Waals surface area contributed by atoms with Gasteiger partial charge < -0.3 is 14.6 Å². The monoisotopic (exact) mass is 300 g/mol. The predicted octanol–water partition coefficient (Wildman–Crippen LogP) is 3.97. The minimum Gasteiger partial charge on any atom is -0.507 e. The third kappa shape index (κ3) is 2.49. The van der Waals surface area contributed by atoms with Crippen LogP contribution in [0.1, 0.15) is 55.1 Å². The molecule has 0 saturated heterocycles. The number of phenolic OH excluding ortho intramolecular Hbond substituents is 1. The molecule has 0 aliphatic carbocycles. The Morgan fingerprint density at radius 1 is 1.45 bits per heavy atom. The molecule has 0 aromatic heterocycles. The molecule has 0 spiro atoms. The molecule has 0 unspecified atom stereocenters. The zero-order valence-corrected chi connectivity index (χ0v) is 13.1. The Labute approximate surface area is 130 Å². The van der Waals surface area contributed by atoms with Crippen molar-refractivity contribution in [1.82, 2.24) is 0 Å². The van der Waals surface area contributed by atoms with Gasteiger partial charge in [-0.1, -0.05) is 17.7 Å². The lowest BCUT2D eigenvalue weighted by Gasteiger charge is -2.32. The third-order valence-electron chi connectivity index (χ3n) is 4.10. The number of rotatable bonds is 3. The number of benzene rings is 1. The van der Waals surface area contributed by atoms with Gasteiger partial charge in [-0.25, -0.2) is 4.79 Å². The van der Waals surface area contributed by atoms with Crippen molar-refractivity contribution in [2.45, 2.75) is 45.8 Å². The molecule has 4 heteroatoms. The molecule has 116 valence electrons. The van der Waals surface area contributed by atoms with Gasteiger partial charge in [0.15, 0.2) is 0 Å². The van der Waals surface area contributed by atoms with Crippen LogP contribution in [0.15, 0.2) is 23.8 Å². The van der Waals surface area contributed by atoms with E-state index in [1.165, 1.54) is 5.57 Å². The van der Waals surface area contributed by atoms with Crippen molar-refractivity contribution in [3.63, 3.8) is 0 Å². The highest BCUT2D eigenvalue weighted by molar-refractivity contribution is 5.99. The van der Waals surface area contributed by atoms with E-state index in [1.54, 1.807) is 6.07 Å². The SMILES string of the molecule is CC(C)=CCC[C@]1(C)C=Cc2c(cc(O)c3c2C(=O)OC3)O1. The lowest BCUT2D eigenvalue weighted by Crippen LogP contribution is -2.32. The average molecular weight is 300 g/mol. The van der Waals surface area contributed by atoms with E-state index in [9.17, 15) is 9.90 Å². The fourth-order valence-electron chi connectivity index (χ4n) is 2.87. The van der Waals surface area contributed by atoms with Gasteiger partial charge in [0.25, 0.3) is 0 Å². The van der Waals surface area contributed by atoms with Crippen LogP contribution in [-0.2, 0) is 11.3 Å². The molecule has 1 aromatic rings. The third-order valence-corrected chi connectivity index (χ3v) is 4.10. The molecule has 1 aromatic carbocycles. The van der Waals surface area contributed by atoms with Gasteiger partial charge in [0.2, 0.25) is 0 Å². The standard InChI is InChI=1S/C18H20O4/c1-11(2)5-4-7-18(3)8-6-12-15(22-18)9-14(19)13-10-21-17(20)16(12)13/h5-6,8-9,19H,4,7,10H2,1-3H3/t18-/m1/s1. The van der Waals surface area contributed by atoms with E-state index >= 15 is 0 Å². The molecular formula is C18H20O4. The van der Waals surface area contributed by atoms with E-state index in [2.05, 4.69) is 19.9 Å². The Hall–Kier alpha value is -2.23. The van der Waals surface area contributed by atoms with E-state index in [1.807, 2.05) is 19.1 Å². The molecule has 0 bridgehead atoms. The summed E-state index contributed by atoms with van der Waals surface area (Å²) in [6, 6.07) is 1.58. The van der Waals surface area contributed by atoms with Crippen LogP contribution in [0, 0.1) is 0 Å². The molecule has 0 saturated carbocycles. The Morgan fingerprint density at radius 2 is 2.23 bits per heavy atom. The van der Waals surface area contributed by atoms with Gasteiger partial charge in [0.05, 0.1) is 5.56 Å². The first-order chi connectivity index (χ1) is 10.4. The number of allylic oxidation sites excluding steroid dienone is 2. The summed E-state index contributed by atoms with van der Waals surface area (Å²) in [5.74, 6) is 0.197. The summed E-state index contributed by atoms with van der Waals surface area (Å²) in [6.07, 6.45) is 7.81. The van der Waals surface area contributed by atoms with Crippen LogP contribution >= 0.6 is 0 Å².